The van der Waals surface area contributed by atoms with Crippen LogP contribution in [0, 0.1) is 11.8 Å². The largest absolute Gasteiger partial charge is 0.344 e. The Morgan fingerprint density at radius 1 is 0.967 bits per heavy atom. The van der Waals surface area contributed by atoms with Gasteiger partial charge in [0.25, 0.3) is 0 Å². The van der Waals surface area contributed by atoms with Crippen LogP contribution in [0.5, 0.6) is 0 Å². The third kappa shape index (κ3) is 5.21. The van der Waals surface area contributed by atoms with Crippen molar-refractivity contribution >= 4 is 21.8 Å². The molecule has 1 saturated heterocycles. The highest BCUT2D eigenvalue weighted by atomic mass is 32.2. The molecule has 0 unspecified atom stereocenters. The summed E-state index contributed by atoms with van der Waals surface area (Å²) in [6.45, 7) is 5.02. The van der Waals surface area contributed by atoms with Crippen LogP contribution in [0.2, 0.25) is 0 Å². The second kappa shape index (κ2) is 9.92. The molecule has 3 rings (SSSR count). The van der Waals surface area contributed by atoms with Crippen molar-refractivity contribution in [3.05, 3.63) is 30.3 Å². The molecule has 7 nitrogen and oxygen atoms in total. The van der Waals surface area contributed by atoms with E-state index in [-0.39, 0.29) is 41.6 Å². The van der Waals surface area contributed by atoms with Crippen LogP contribution in [-0.4, -0.2) is 61.7 Å². The Morgan fingerprint density at radius 3 is 2.13 bits per heavy atom. The van der Waals surface area contributed by atoms with Crippen molar-refractivity contribution < 1.29 is 18.0 Å². The highest BCUT2D eigenvalue weighted by Crippen LogP contribution is 2.24. The SMILES string of the molecule is CC(C)[C@@H](NC(=O)C1CCCCC1)C(=O)N1CCN(S(=O)(=O)c2ccccc2)CC1. The second-order valence-electron chi connectivity index (χ2n) is 8.61. The van der Waals surface area contributed by atoms with Gasteiger partial charge < -0.3 is 10.2 Å². The van der Waals surface area contributed by atoms with Crippen LogP contribution < -0.4 is 5.32 Å². The fourth-order valence-electron chi connectivity index (χ4n) is 4.24. The molecule has 2 amide bonds. The van der Waals surface area contributed by atoms with Gasteiger partial charge >= 0.3 is 0 Å². The number of benzene rings is 1. The molecular formula is C22H33N3O4S. The molecule has 1 saturated carbocycles. The van der Waals surface area contributed by atoms with Crippen LogP contribution in [0.25, 0.3) is 0 Å². The molecule has 166 valence electrons. The molecule has 1 aliphatic heterocycles. The Labute approximate surface area is 179 Å². The lowest BCUT2D eigenvalue weighted by Gasteiger charge is -2.37. The summed E-state index contributed by atoms with van der Waals surface area (Å²) in [5.41, 5.74) is 0. The van der Waals surface area contributed by atoms with Crippen molar-refractivity contribution in [1.82, 2.24) is 14.5 Å². The molecule has 1 heterocycles. The molecule has 1 atom stereocenters. The number of carbonyl (C=O) groups is 2. The number of hydrogen-bond acceptors (Lipinski definition) is 4. The first-order valence-corrected chi connectivity index (χ1v) is 12.4. The van der Waals surface area contributed by atoms with E-state index in [1.807, 2.05) is 13.8 Å². The molecule has 1 aliphatic carbocycles. The van der Waals surface area contributed by atoms with Crippen molar-refractivity contribution in [2.75, 3.05) is 26.2 Å². The van der Waals surface area contributed by atoms with Crippen LogP contribution in [0.15, 0.2) is 35.2 Å². The first kappa shape index (κ1) is 22.7. The summed E-state index contributed by atoms with van der Waals surface area (Å²) in [6.07, 6.45) is 5.08. The molecule has 0 bridgehead atoms. The molecular weight excluding hydrogens is 402 g/mol. The quantitative estimate of drug-likeness (QED) is 0.742. The number of hydrogen-bond donors (Lipinski definition) is 1. The Bertz CT molecular complexity index is 827. The number of rotatable bonds is 6. The van der Waals surface area contributed by atoms with Gasteiger partial charge in [-0.2, -0.15) is 4.31 Å². The van der Waals surface area contributed by atoms with E-state index in [2.05, 4.69) is 5.32 Å². The van der Waals surface area contributed by atoms with Crippen LogP contribution in [-0.2, 0) is 19.6 Å². The summed E-state index contributed by atoms with van der Waals surface area (Å²) >= 11 is 0. The van der Waals surface area contributed by atoms with Gasteiger partial charge in [-0.1, -0.05) is 51.3 Å². The van der Waals surface area contributed by atoms with Crippen molar-refractivity contribution in [3.8, 4) is 0 Å². The number of piperazine rings is 1. The van der Waals surface area contributed by atoms with Crippen molar-refractivity contribution in [1.29, 1.82) is 0 Å². The standard InChI is InChI=1S/C22H33N3O4S/c1-17(2)20(23-21(26)18-9-5-3-6-10-18)22(27)24-13-15-25(16-14-24)30(28,29)19-11-7-4-8-12-19/h4,7-8,11-12,17-18,20H,3,5-6,9-10,13-16H2,1-2H3,(H,23,26)/t20-/m1/s1. The lowest BCUT2D eigenvalue weighted by molar-refractivity contribution is -0.139. The third-order valence-corrected chi connectivity index (χ3v) is 8.05. The molecule has 8 heteroatoms. The Hall–Kier alpha value is -1.93. The van der Waals surface area contributed by atoms with Crippen LogP contribution in [0.4, 0.5) is 0 Å². The predicted molar refractivity (Wildman–Crippen MR) is 115 cm³/mol. The maximum absolute atomic E-state index is 13.1. The van der Waals surface area contributed by atoms with Crippen LogP contribution >= 0.6 is 0 Å². The lowest BCUT2D eigenvalue weighted by Crippen LogP contribution is -2.57. The van der Waals surface area contributed by atoms with E-state index in [0.29, 0.717) is 13.1 Å². The average molecular weight is 436 g/mol. The van der Waals surface area contributed by atoms with Gasteiger partial charge in [-0.05, 0) is 30.9 Å². The first-order valence-electron chi connectivity index (χ1n) is 10.9. The highest BCUT2D eigenvalue weighted by Gasteiger charge is 2.35. The van der Waals surface area contributed by atoms with Crippen molar-refractivity contribution in [2.24, 2.45) is 11.8 Å². The molecule has 30 heavy (non-hydrogen) atoms. The van der Waals surface area contributed by atoms with E-state index in [0.717, 1.165) is 25.7 Å². The van der Waals surface area contributed by atoms with E-state index < -0.39 is 16.1 Å². The van der Waals surface area contributed by atoms with E-state index >= 15 is 0 Å². The molecule has 2 aliphatic rings. The molecule has 1 aromatic rings. The maximum atomic E-state index is 13.1. The molecule has 0 radical (unpaired) electrons. The summed E-state index contributed by atoms with van der Waals surface area (Å²) in [6, 6.07) is 7.79. The monoisotopic (exact) mass is 435 g/mol. The number of carbonyl (C=O) groups excluding carboxylic acids is 2. The Balaban J connectivity index is 1.60. The molecule has 0 aromatic heterocycles. The molecule has 1 N–H and O–H groups in total. The van der Waals surface area contributed by atoms with E-state index in [1.54, 1.807) is 35.2 Å². The van der Waals surface area contributed by atoms with Gasteiger partial charge in [-0.3, -0.25) is 9.59 Å². The van der Waals surface area contributed by atoms with Gasteiger partial charge in [0, 0.05) is 32.1 Å². The summed E-state index contributed by atoms with van der Waals surface area (Å²) < 4.78 is 27.0. The van der Waals surface area contributed by atoms with Gasteiger partial charge in [0.1, 0.15) is 6.04 Å². The maximum Gasteiger partial charge on any atom is 0.245 e. The summed E-state index contributed by atoms with van der Waals surface area (Å²) in [4.78, 5) is 27.8. The topological polar surface area (TPSA) is 86.8 Å². The lowest BCUT2D eigenvalue weighted by atomic mass is 9.88. The molecule has 2 fully saturated rings. The van der Waals surface area contributed by atoms with Gasteiger partial charge in [0.15, 0.2) is 0 Å². The van der Waals surface area contributed by atoms with E-state index in [9.17, 15) is 18.0 Å². The summed E-state index contributed by atoms with van der Waals surface area (Å²) in [7, 11) is -3.56. The van der Waals surface area contributed by atoms with Crippen LogP contribution in [0.3, 0.4) is 0 Å². The van der Waals surface area contributed by atoms with E-state index in [1.165, 1.54) is 10.7 Å². The predicted octanol–water partition coefficient (Wildman–Crippen LogP) is 2.24. The Kier molecular flexibility index (Phi) is 7.52. The minimum absolute atomic E-state index is 0.000614. The van der Waals surface area contributed by atoms with Gasteiger partial charge in [0.2, 0.25) is 21.8 Å². The summed E-state index contributed by atoms with van der Waals surface area (Å²) in [5, 5.41) is 2.99. The summed E-state index contributed by atoms with van der Waals surface area (Å²) in [5.74, 6) is -0.172. The third-order valence-electron chi connectivity index (χ3n) is 6.14. The zero-order valence-corrected chi connectivity index (χ0v) is 18.7. The van der Waals surface area contributed by atoms with Gasteiger partial charge in [0.05, 0.1) is 4.90 Å². The highest BCUT2D eigenvalue weighted by molar-refractivity contribution is 7.89. The number of sulfonamides is 1. The fraction of sp³-hybridized carbons (Fsp3) is 0.636. The fourth-order valence-corrected chi connectivity index (χ4v) is 5.68. The van der Waals surface area contributed by atoms with Gasteiger partial charge in [-0.25, -0.2) is 8.42 Å². The zero-order chi connectivity index (χ0) is 21.7. The average Bonchev–Trinajstić information content (AvgIpc) is 2.78. The second-order valence-corrected chi connectivity index (χ2v) is 10.5. The van der Waals surface area contributed by atoms with Gasteiger partial charge in [-0.15, -0.1) is 0 Å². The van der Waals surface area contributed by atoms with E-state index in [4.69, 9.17) is 0 Å². The van der Waals surface area contributed by atoms with Crippen molar-refractivity contribution in [3.63, 3.8) is 0 Å². The molecule has 1 aromatic carbocycles. The zero-order valence-electron chi connectivity index (χ0n) is 17.9. The first-order chi connectivity index (χ1) is 14.3. The smallest absolute Gasteiger partial charge is 0.245 e. The minimum Gasteiger partial charge on any atom is -0.344 e. The van der Waals surface area contributed by atoms with Crippen LogP contribution in [0.1, 0.15) is 46.0 Å². The normalized spacial score (nSPS) is 20.2. The molecule has 0 spiro atoms. The minimum atomic E-state index is -3.56. The number of nitrogens with one attached hydrogen (secondary N) is 1. The van der Waals surface area contributed by atoms with Crippen molar-refractivity contribution in [2.45, 2.75) is 56.9 Å². The Morgan fingerprint density at radius 2 is 1.57 bits per heavy atom. The number of nitrogens with zero attached hydrogens (tertiary/aromatic N) is 2. The number of amides is 2.